The van der Waals surface area contributed by atoms with Crippen LogP contribution in [0, 0.1) is 38.0 Å². The van der Waals surface area contributed by atoms with Crippen LogP contribution in [0.2, 0.25) is 0 Å². The Kier molecular flexibility index (Phi) is 13.1. The molecule has 1 aliphatic rings. The molecule has 0 heterocycles. The van der Waals surface area contributed by atoms with Gasteiger partial charge in [0.1, 0.15) is 0 Å². The molecular formula is C40H50O. The van der Waals surface area contributed by atoms with Crippen molar-refractivity contribution in [1.82, 2.24) is 0 Å². The van der Waals surface area contributed by atoms with Crippen LogP contribution in [0.1, 0.15) is 83.6 Å². The monoisotopic (exact) mass is 546 g/mol. The summed E-state index contributed by atoms with van der Waals surface area (Å²) >= 11 is 0. The lowest BCUT2D eigenvalue weighted by Crippen LogP contribution is -2.28. The fourth-order valence-corrected chi connectivity index (χ4v) is 4.93. The van der Waals surface area contributed by atoms with Gasteiger partial charge in [-0.2, -0.15) is 0 Å². The molecule has 0 unspecified atom stereocenters. The predicted molar refractivity (Wildman–Crippen MR) is 182 cm³/mol. The number of aryl methyl sites for hydroxylation is 1. The van der Waals surface area contributed by atoms with Crippen molar-refractivity contribution in [1.29, 1.82) is 0 Å². The minimum absolute atomic E-state index is 0.0768. The lowest BCUT2D eigenvalue weighted by atomic mass is 9.72. The van der Waals surface area contributed by atoms with Crippen molar-refractivity contribution in [3.8, 4) is 11.8 Å². The zero-order chi connectivity index (χ0) is 30.6. The minimum atomic E-state index is -0.257. The molecule has 0 radical (unpaired) electrons. The van der Waals surface area contributed by atoms with E-state index in [0.717, 1.165) is 18.4 Å². The van der Waals surface area contributed by atoms with E-state index >= 15 is 0 Å². The summed E-state index contributed by atoms with van der Waals surface area (Å²) in [6, 6.07) is 4.39. The number of benzene rings is 1. The molecule has 1 N–H and O–H groups in total. The van der Waals surface area contributed by atoms with Crippen molar-refractivity contribution in [3.63, 3.8) is 0 Å². The van der Waals surface area contributed by atoms with E-state index in [1.165, 1.54) is 50.1 Å². The Morgan fingerprint density at radius 3 is 1.95 bits per heavy atom. The third-order valence-corrected chi connectivity index (χ3v) is 7.65. The first-order valence-electron chi connectivity index (χ1n) is 14.7. The van der Waals surface area contributed by atoms with E-state index in [9.17, 15) is 5.11 Å². The highest BCUT2D eigenvalue weighted by Crippen LogP contribution is 2.39. The van der Waals surface area contributed by atoms with Crippen LogP contribution >= 0.6 is 0 Å². The highest BCUT2D eigenvalue weighted by atomic mass is 16.3. The van der Waals surface area contributed by atoms with Gasteiger partial charge in [-0.15, -0.1) is 0 Å². The fourth-order valence-electron chi connectivity index (χ4n) is 4.93. The molecule has 0 aliphatic heterocycles. The summed E-state index contributed by atoms with van der Waals surface area (Å²) < 4.78 is 0. The molecule has 0 bridgehead atoms. The zero-order valence-corrected chi connectivity index (χ0v) is 27.0. The molecule has 1 aromatic carbocycles. The van der Waals surface area contributed by atoms with Crippen LogP contribution < -0.4 is 0 Å². The average molecular weight is 547 g/mol. The van der Waals surface area contributed by atoms with E-state index < -0.39 is 0 Å². The highest BCUT2D eigenvalue weighted by Gasteiger charge is 2.31. The molecule has 0 saturated carbocycles. The van der Waals surface area contributed by atoms with Crippen LogP contribution in [0.15, 0.2) is 112 Å². The highest BCUT2D eigenvalue weighted by molar-refractivity contribution is 5.59. The van der Waals surface area contributed by atoms with E-state index in [1.807, 2.05) is 6.92 Å². The molecule has 1 aromatic rings. The van der Waals surface area contributed by atoms with Gasteiger partial charge in [0.05, 0.1) is 6.10 Å². The van der Waals surface area contributed by atoms with E-state index in [-0.39, 0.29) is 11.5 Å². The Balaban J connectivity index is 1.91. The Labute approximate surface area is 250 Å². The molecule has 0 fully saturated rings. The second-order valence-corrected chi connectivity index (χ2v) is 12.1. The lowest BCUT2D eigenvalue weighted by Gasteiger charge is -2.34. The molecule has 0 spiro atoms. The number of hydrogen-bond donors (Lipinski definition) is 1. The van der Waals surface area contributed by atoms with Crippen LogP contribution in [-0.4, -0.2) is 11.2 Å². The first-order chi connectivity index (χ1) is 19.3. The van der Waals surface area contributed by atoms with E-state index in [0.29, 0.717) is 0 Å². The molecule has 0 amide bonds. The summed E-state index contributed by atoms with van der Waals surface area (Å²) in [7, 11) is 0. The number of hydrogen-bond acceptors (Lipinski definition) is 1. The molecule has 0 saturated heterocycles. The Morgan fingerprint density at radius 2 is 1.34 bits per heavy atom. The van der Waals surface area contributed by atoms with Crippen LogP contribution in [0.5, 0.6) is 0 Å². The molecule has 1 nitrogen and oxygen atoms in total. The van der Waals surface area contributed by atoms with E-state index in [2.05, 4.69) is 159 Å². The SMILES string of the molecule is CC(C#CC1=C(C)C[C@@H](O)CC1(C)C)=CC=CC(C)=CC=CC=C(C)C=CC=C(C)C=Cc1ccc(C)c(C)c1C. The summed E-state index contributed by atoms with van der Waals surface area (Å²) in [5, 5.41) is 10.1. The minimum Gasteiger partial charge on any atom is -0.393 e. The van der Waals surface area contributed by atoms with Gasteiger partial charge in [0.2, 0.25) is 0 Å². The van der Waals surface area contributed by atoms with Crippen molar-refractivity contribution in [3.05, 3.63) is 135 Å². The maximum absolute atomic E-state index is 10.1. The second-order valence-electron chi connectivity index (χ2n) is 12.1. The van der Waals surface area contributed by atoms with Gasteiger partial charge >= 0.3 is 0 Å². The molecular weight excluding hydrogens is 496 g/mol. The smallest absolute Gasteiger partial charge is 0.0586 e. The summed E-state index contributed by atoms with van der Waals surface area (Å²) in [6.07, 6.45) is 26.5. The largest absolute Gasteiger partial charge is 0.393 e. The average Bonchev–Trinajstić information content (AvgIpc) is 2.88. The standard InChI is InChI=1S/C40H50O/c1-29(17-13-19-31(3)21-24-37-25-23-33(5)35(7)36(37)8)15-11-12-16-30(2)18-14-20-32(4)22-26-39-34(6)27-38(41)28-40(39,9)10/h11-21,23-25,38,41H,27-28H2,1-10H3/t38-/m1/s1. The third-order valence-electron chi connectivity index (χ3n) is 7.65. The zero-order valence-electron chi connectivity index (χ0n) is 27.0. The van der Waals surface area contributed by atoms with E-state index in [4.69, 9.17) is 0 Å². The van der Waals surface area contributed by atoms with Gasteiger partial charge in [0.25, 0.3) is 0 Å². The molecule has 0 aromatic heterocycles. The van der Waals surface area contributed by atoms with Gasteiger partial charge in [-0.3, -0.25) is 0 Å². The Bertz CT molecular complexity index is 1430. The lowest BCUT2D eigenvalue weighted by molar-refractivity contribution is 0.117. The van der Waals surface area contributed by atoms with Gasteiger partial charge in [-0.1, -0.05) is 133 Å². The van der Waals surface area contributed by atoms with Crippen molar-refractivity contribution in [2.75, 3.05) is 0 Å². The van der Waals surface area contributed by atoms with Gasteiger partial charge in [-0.25, -0.2) is 0 Å². The topological polar surface area (TPSA) is 20.2 Å². The van der Waals surface area contributed by atoms with Gasteiger partial charge in [-0.05, 0) is 96.1 Å². The van der Waals surface area contributed by atoms with Crippen molar-refractivity contribution in [2.45, 2.75) is 88.2 Å². The normalized spacial score (nSPS) is 19.2. The summed E-state index contributed by atoms with van der Waals surface area (Å²) in [4.78, 5) is 0. The predicted octanol–water partition coefficient (Wildman–Crippen LogP) is 10.6. The van der Waals surface area contributed by atoms with E-state index in [1.54, 1.807) is 0 Å². The van der Waals surface area contributed by atoms with Crippen LogP contribution in [-0.2, 0) is 0 Å². The van der Waals surface area contributed by atoms with Crippen LogP contribution in [0.3, 0.4) is 0 Å². The summed E-state index contributed by atoms with van der Waals surface area (Å²) in [5.41, 5.74) is 12.2. The number of aliphatic hydroxyl groups excluding tert-OH is 1. The number of rotatable bonds is 8. The maximum Gasteiger partial charge on any atom is 0.0586 e. The molecule has 41 heavy (non-hydrogen) atoms. The third kappa shape index (κ3) is 11.4. The van der Waals surface area contributed by atoms with Crippen molar-refractivity contribution in [2.24, 2.45) is 5.41 Å². The maximum atomic E-state index is 10.1. The number of aliphatic hydroxyl groups is 1. The quantitative estimate of drug-likeness (QED) is 0.254. The van der Waals surface area contributed by atoms with Gasteiger partial charge < -0.3 is 5.11 Å². The fraction of sp³-hybridized carbons (Fsp3) is 0.350. The first-order valence-corrected chi connectivity index (χ1v) is 14.7. The second kappa shape index (κ2) is 16.0. The van der Waals surface area contributed by atoms with Crippen LogP contribution in [0.4, 0.5) is 0 Å². The summed E-state index contributed by atoms with van der Waals surface area (Å²) in [6.45, 7) is 21.3. The van der Waals surface area contributed by atoms with Gasteiger partial charge in [0, 0.05) is 11.0 Å². The molecule has 2 rings (SSSR count). The van der Waals surface area contributed by atoms with Crippen molar-refractivity contribution < 1.29 is 5.11 Å². The molecule has 1 heteroatoms. The first kappa shape index (κ1) is 33.6. The number of allylic oxidation sites excluding steroid dienone is 16. The summed E-state index contributed by atoms with van der Waals surface area (Å²) in [5.74, 6) is 6.68. The van der Waals surface area contributed by atoms with Gasteiger partial charge in [0.15, 0.2) is 0 Å². The Morgan fingerprint density at radius 1 is 0.780 bits per heavy atom. The molecule has 216 valence electrons. The molecule has 1 atom stereocenters. The van der Waals surface area contributed by atoms with Crippen molar-refractivity contribution >= 4 is 6.08 Å². The Hall–Kier alpha value is -3.60. The molecule has 1 aliphatic carbocycles. The van der Waals surface area contributed by atoms with Crippen LogP contribution in [0.25, 0.3) is 6.08 Å².